The minimum atomic E-state index is -0.502. The van der Waals surface area contributed by atoms with Crippen LogP contribution in [0.5, 0.6) is 0 Å². The van der Waals surface area contributed by atoms with Gasteiger partial charge < -0.3 is 10.1 Å². The highest BCUT2D eigenvalue weighted by Gasteiger charge is 2.09. The van der Waals surface area contributed by atoms with E-state index in [1.54, 1.807) is 24.3 Å². The first-order chi connectivity index (χ1) is 12.5. The van der Waals surface area contributed by atoms with Gasteiger partial charge in [-0.2, -0.15) is 10.5 Å². The molecular formula is C19H14ClN3O3. The van der Waals surface area contributed by atoms with Gasteiger partial charge in [0.1, 0.15) is 6.07 Å². The first-order valence-electron chi connectivity index (χ1n) is 7.66. The van der Waals surface area contributed by atoms with Crippen LogP contribution in [0.3, 0.4) is 0 Å². The molecule has 0 saturated heterocycles. The number of esters is 1. The highest BCUT2D eigenvalue weighted by atomic mass is 35.5. The van der Waals surface area contributed by atoms with Gasteiger partial charge in [0.2, 0.25) is 0 Å². The lowest BCUT2D eigenvalue weighted by atomic mass is 10.1. The van der Waals surface area contributed by atoms with Crippen LogP contribution in [0.4, 0.5) is 5.69 Å². The summed E-state index contributed by atoms with van der Waals surface area (Å²) in [6, 6.07) is 15.3. The Kier molecular flexibility index (Phi) is 6.73. The number of halogens is 1. The zero-order valence-corrected chi connectivity index (χ0v) is 14.4. The summed E-state index contributed by atoms with van der Waals surface area (Å²) in [4.78, 5) is 23.5. The standard InChI is InChI=1S/C19H14ClN3O3/c20-17-9-16(7-6-15(17)11-22)23-18(24)12-26-19(25)8-5-13-1-3-14(10-21)4-2-13/h1-4,6-7,9H,5,8,12H2,(H,23,24). The average Bonchev–Trinajstić information content (AvgIpc) is 2.65. The van der Waals surface area contributed by atoms with Gasteiger partial charge in [-0.05, 0) is 42.3 Å². The molecule has 0 bridgehead atoms. The number of carbonyl (C=O) groups is 2. The van der Waals surface area contributed by atoms with Crippen molar-refractivity contribution in [3.05, 3.63) is 64.2 Å². The van der Waals surface area contributed by atoms with Crippen LogP contribution >= 0.6 is 11.6 Å². The van der Waals surface area contributed by atoms with E-state index in [1.165, 1.54) is 18.2 Å². The molecule has 0 unspecified atom stereocenters. The Labute approximate surface area is 155 Å². The van der Waals surface area contributed by atoms with Crippen molar-refractivity contribution in [2.75, 3.05) is 11.9 Å². The zero-order valence-electron chi connectivity index (χ0n) is 13.7. The van der Waals surface area contributed by atoms with E-state index in [-0.39, 0.29) is 11.4 Å². The minimum Gasteiger partial charge on any atom is -0.456 e. The summed E-state index contributed by atoms with van der Waals surface area (Å²) in [7, 11) is 0. The van der Waals surface area contributed by atoms with Gasteiger partial charge in [-0.25, -0.2) is 0 Å². The number of hydrogen-bond donors (Lipinski definition) is 1. The Balaban J connectivity index is 1.76. The number of rotatable bonds is 6. The third kappa shape index (κ3) is 5.62. The van der Waals surface area contributed by atoms with E-state index < -0.39 is 18.5 Å². The molecule has 2 rings (SSSR count). The van der Waals surface area contributed by atoms with E-state index in [0.29, 0.717) is 23.2 Å². The topological polar surface area (TPSA) is 103 Å². The predicted octanol–water partition coefficient (Wildman–Crippen LogP) is 3.20. The lowest BCUT2D eigenvalue weighted by molar-refractivity contribution is -0.147. The van der Waals surface area contributed by atoms with Crippen LogP contribution in [-0.2, 0) is 20.7 Å². The number of amides is 1. The Bertz CT molecular complexity index is 896. The highest BCUT2D eigenvalue weighted by molar-refractivity contribution is 6.32. The van der Waals surface area contributed by atoms with Crippen molar-refractivity contribution in [3.8, 4) is 12.1 Å². The summed E-state index contributed by atoms with van der Waals surface area (Å²) in [5.41, 5.74) is 2.17. The summed E-state index contributed by atoms with van der Waals surface area (Å²) in [6.45, 7) is -0.413. The monoisotopic (exact) mass is 367 g/mol. The van der Waals surface area contributed by atoms with Gasteiger partial charge in [-0.3, -0.25) is 9.59 Å². The molecule has 0 aliphatic carbocycles. The molecule has 0 radical (unpaired) electrons. The number of carbonyl (C=O) groups excluding carboxylic acids is 2. The zero-order chi connectivity index (χ0) is 18.9. The second kappa shape index (κ2) is 9.22. The van der Waals surface area contributed by atoms with Crippen LogP contribution in [0.25, 0.3) is 0 Å². The molecule has 2 aromatic rings. The van der Waals surface area contributed by atoms with Crippen molar-refractivity contribution in [2.45, 2.75) is 12.8 Å². The van der Waals surface area contributed by atoms with E-state index in [2.05, 4.69) is 5.32 Å². The third-order valence-corrected chi connectivity index (χ3v) is 3.75. The van der Waals surface area contributed by atoms with Crippen LogP contribution in [0.2, 0.25) is 5.02 Å². The quantitative estimate of drug-likeness (QED) is 0.789. The van der Waals surface area contributed by atoms with Gasteiger partial charge in [0, 0.05) is 12.1 Å². The number of nitrogens with zero attached hydrogens (tertiary/aromatic N) is 2. The Morgan fingerprint density at radius 2 is 1.81 bits per heavy atom. The number of aryl methyl sites for hydroxylation is 1. The summed E-state index contributed by atoms with van der Waals surface area (Å²) in [6.07, 6.45) is 0.583. The molecular weight excluding hydrogens is 354 g/mol. The van der Waals surface area contributed by atoms with Gasteiger partial charge in [-0.15, -0.1) is 0 Å². The molecule has 0 aromatic heterocycles. The van der Waals surface area contributed by atoms with Crippen LogP contribution in [-0.4, -0.2) is 18.5 Å². The number of ether oxygens (including phenoxy) is 1. The highest BCUT2D eigenvalue weighted by Crippen LogP contribution is 2.20. The largest absolute Gasteiger partial charge is 0.456 e. The van der Waals surface area contributed by atoms with Crippen LogP contribution in [0.1, 0.15) is 23.1 Å². The molecule has 130 valence electrons. The fourth-order valence-corrected chi connectivity index (χ4v) is 2.31. The van der Waals surface area contributed by atoms with Crippen LogP contribution in [0.15, 0.2) is 42.5 Å². The molecule has 0 heterocycles. The van der Waals surface area contributed by atoms with E-state index >= 15 is 0 Å². The first-order valence-corrected chi connectivity index (χ1v) is 8.04. The molecule has 26 heavy (non-hydrogen) atoms. The molecule has 0 aliphatic rings. The van der Waals surface area contributed by atoms with Crippen molar-refractivity contribution >= 4 is 29.2 Å². The number of hydrogen-bond acceptors (Lipinski definition) is 5. The third-order valence-electron chi connectivity index (χ3n) is 3.44. The molecule has 7 heteroatoms. The van der Waals surface area contributed by atoms with Crippen molar-refractivity contribution in [1.29, 1.82) is 10.5 Å². The first kappa shape index (κ1) is 19.0. The molecule has 0 aliphatic heterocycles. The molecule has 0 saturated carbocycles. The maximum Gasteiger partial charge on any atom is 0.306 e. The van der Waals surface area contributed by atoms with E-state index in [9.17, 15) is 9.59 Å². The average molecular weight is 368 g/mol. The molecule has 1 amide bonds. The van der Waals surface area contributed by atoms with Crippen LogP contribution in [0, 0.1) is 22.7 Å². The number of anilines is 1. The Hall–Kier alpha value is -3.35. The molecule has 6 nitrogen and oxygen atoms in total. The fraction of sp³-hybridized carbons (Fsp3) is 0.158. The normalized spacial score (nSPS) is 9.65. The molecule has 0 atom stereocenters. The van der Waals surface area contributed by atoms with Gasteiger partial charge in [0.05, 0.1) is 22.2 Å². The predicted molar refractivity (Wildman–Crippen MR) is 95.2 cm³/mol. The number of benzene rings is 2. The maximum absolute atomic E-state index is 11.8. The van der Waals surface area contributed by atoms with Gasteiger partial charge >= 0.3 is 5.97 Å². The molecule has 0 spiro atoms. The lowest BCUT2D eigenvalue weighted by Gasteiger charge is -2.07. The van der Waals surface area contributed by atoms with Crippen molar-refractivity contribution in [3.63, 3.8) is 0 Å². The molecule has 0 fully saturated rings. The van der Waals surface area contributed by atoms with E-state index in [4.69, 9.17) is 26.9 Å². The maximum atomic E-state index is 11.8. The molecule has 2 aromatic carbocycles. The second-order valence-corrected chi connectivity index (χ2v) is 5.73. The SMILES string of the molecule is N#Cc1ccc(CCC(=O)OCC(=O)Nc2ccc(C#N)c(Cl)c2)cc1. The Morgan fingerprint density at radius 3 is 2.42 bits per heavy atom. The Morgan fingerprint density at radius 1 is 1.08 bits per heavy atom. The fourth-order valence-electron chi connectivity index (χ4n) is 2.09. The van der Waals surface area contributed by atoms with Crippen molar-refractivity contribution in [2.24, 2.45) is 0 Å². The van der Waals surface area contributed by atoms with E-state index in [1.807, 2.05) is 12.1 Å². The van der Waals surface area contributed by atoms with Gasteiger partial charge in [-0.1, -0.05) is 23.7 Å². The number of nitriles is 2. The summed E-state index contributed by atoms with van der Waals surface area (Å²) in [5.74, 6) is -1.00. The lowest BCUT2D eigenvalue weighted by Crippen LogP contribution is -2.21. The van der Waals surface area contributed by atoms with E-state index in [0.717, 1.165) is 5.56 Å². The summed E-state index contributed by atoms with van der Waals surface area (Å²) < 4.78 is 4.93. The number of nitrogens with one attached hydrogen (secondary N) is 1. The van der Waals surface area contributed by atoms with Gasteiger partial charge in [0.15, 0.2) is 6.61 Å². The molecule has 1 N–H and O–H groups in total. The van der Waals surface area contributed by atoms with Gasteiger partial charge in [0.25, 0.3) is 5.91 Å². The summed E-state index contributed by atoms with van der Waals surface area (Å²) >= 11 is 5.88. The second-order valence-electron chi connectivity index (χ2n) is 5.32. The van der Waals surface area contributed by atoms with Crippen molar-refractivity contribution in [1.82, 2.24) is 0 Å². The van der Waals surface area contributed by atoms with Crippen LogP contribution < -0.4 is 5.32 Å². The smallest absolute Gasteiger partial charge is 0.306 e. The minimum absolute atomic E-state index is 0.127. The summed E-state index contributed by atoms with van der Waals surface area (Å²) in [5, 5.41) is 20.3. The van der Waals surface area contributed by atoms with Crippen molar-refractivity contribution < 1.29 is 14.3 Å².